The quantitative estimate of drug-likeness (QED) is 0.393. The first kappa shape index (κ1) is 23.7. The maximum absolute atomic E-state index is 13.5. The van der Waals surface area contributed by atoms with Crippen LogP contribution in [0.2, 0.25) is 0 Å². The smallest absolute Gasteiger partial charge is 0.337 e. The second-order valence-corrected chi connectivity index (χ2v) is 8.24. The van der Waals surface area contributed by atoms with E-state index < -0.39 is 28.4 Å². The van der Waals surface area contributed by atoms with Gasteiger partial charge in [-0.25, -0.2) is 9.59 Å². The van der Waals surface area contributed by atoms with Gasteiger partial charge in [0.15, 0.2) is 0 Å². The molecule has 0 radical (unpaired) electrons. The average molecular weight is 450 g/mol. The number of rotatable bonds is 6. The molecule has 1 unspecified atom stereocenters. The zero-order valence-corrected chi connectivity index (χ0v) is 19.2. The number of nitro benzene ring substituents is 1. The number of benzene rings is 2. The van der Waals surface area contributed by atoms with Crippen LogP contribution in [0.15, 0.2) is 77.1 Å². The molecule has 1 aliphatic rings. The Balaban J connectivity index is 2.12. The minimum absolute atomic E-state index is 0.150. The van der Waals surface area contributed by atoms with Gasteiger partial charge in [0.2, 0.25) is 0 Å². The molecular formula is C25H26N2O6. The number of nitrogens with zero attached hydrogens (tertiary/aromatic N) is 1. The van der Waals surface area contributed by atoms with Crippen LogP contribution in [-0.2, 0) is 24.7 Å². The maximum Gasteiger partial charge on any atom is 0.337 e. The van der Waals surface area contributed by atoms with Crippen LogP contribution in [0, 0.1) is 10.1 Å². The van der Waals surface area contributed by atoms with E-state index in [1.165, 1.54) is 25.3 Å². The van der Waals surface area contributed by atoms with Gasteiger partial charge in [0.25, 0.3) is 5.69 Å². The summed E-state index contributed by atoms with van der Waals surface area (Å²) in [5.41, 5.74) is 1.46. The van der Waals surface area contributed by atoms with Gasteiger partial charge in [0.1, 0.15) is 5.60 Å². The van der Waals surface area contributed by atoms with Crippen LogP contribution in [-0.4, -0.2) is 24.0 Å². The lowest BCUT2D eigenvalue weighted by Crippen LogP contribution is -2.35. The first-order valence-electron chi connectivity index (χ1n) is 10.4. The Kier molecular flexibility index (Phi) is 6.67. The summed E-state index contributed by atoms with van der Waals surface area (Å²) in [5.74, 6) is -2.19. The van der Waals surface area contributed by atoms with Crippen LogP contribution in [0.3, 0.4) is 0 Å². The highest BCUT2D eigenvalue weighted by molar-refractivity contribution is 6.00. The molecule has 33 heavy (non-hydrogen) atoms. The molecule has 1 aliphatic heterocycles. The van der Waals surface area contributed by atoms with Crippen LogP contribution in [0.4, 0.5) is 5.69 Å². The minimum atomic E-state index is -0.958. The zero-order valence-electron chi connectivity index (χ0n) is 19.2. The summed E-state index contributed by atoms with van der Waals surface area (Å²) < 4.78 is 10.9. The summed E-state index contributed by atoms with van der Waals surface area (Å²) in [6.45, 7) is 6.94. The maximum atomic E-state index is 13.5. The fourth-order valence-corrected chi connectivity index (χ4v) is 3.98. The van der Waals surface area contributed by atoms with Crippen LogP contribution in [0.1, 0.15) is 44.7 Å². The highest BCUT2D eigenvalue weighted by Gasteiger charge is 2.40. The van der Waals surface area contributed by atoms with Gasteiger partial charge in [0.05, 0.1) is 29.1 Å². The Morgan fingerprint density at radius 3 is 2.15 bits per heavy atom. The minimum Gasteiger partial charge on any atom is -0.466 e. The number of hydrogen-bond acceptors (Lipinski definition) is 7. The van der Waals surface area contributed by atoms with Gasteiger partial charge >= 0.3 is 11.9 Å². The molecule has 1 atom stereocenters. The third kappa shape index (κ3) is 4.79. The van der Waals surface area contributed by atoms with Crippen molar-refractivity contribution in [1.82, 2.24) is 5.32 Å². The highest BCUT2D eigenvalue weighted by Crippen LogP contribution is 2.41. The van der Waals surface area contributed by atoms with Gasteiger partial charge < -0.3 is 14.8 Å². The van der Waals surface area contributed by atoms with Gasteiger partial charge in [-0.05, 0) is 38.8 Å². The van der Waals surface area contributed by atoms with E-state index in [0.29, 0.717) is 17.0 Å². The van der Waals surface area contributed by atoms with Crippen LogP contribution in [0.5, 0.6) is 0 Å². The van der Waals surface area contributed by atoms with Crippen molar-refractivity contribution in [2.75, 3.05) is 7.11 Å². The van der Waals surface area contributed by atoms with Gasteiger partial charge in [-0.2, -0.15) is 0 Å². The van der Waals surface area contributed by atoms with Crippen LogP contribution < -0.4 is 5.32 Å². The molecule has 0 saturated heterocycles. The van der Waals surface area contributed by atoms with Crippen molar-refractivity contribution in [3.8, 4) is 0 Å². The lowest BCUT2D eigenvalue weighted by molar-refractivity contribution is -0.384. The normalized spacial score (nSPS) is 16.2. The van der Waals surface area contributed by atoms with E-state index >= 15 is 0 Å². The Labute approximate surface area is 192 Å². The molecule has 0 spiro atoms. The molecule has 0 aromatic heterocycles. The third-order valence-corrected chi connectivity index (χ3v) is 5.62. The number of carbonyl (C=O) groups excluding carboxylic acids is 2. The van der Waals surface area contributed by atoms with Crippen molar-refractivity contribution in [3.05, 3.63) is 98.4 Å². The molecule has 0 saturated carbocycles. The predicted molar refractivity (Wildman–Crippen MR) is 122 cm³/mol. The topological polar surface area (TPSA) is 108 Å². The Morgan fingerprint density at radius 1 is 0.970 bits per heavy atom. The molecule has 0 aliphatic carbocycles. The van der Waals surface area contributed by atoms with Gasteiger partial charge in [-0.1, -0.05) is 42.5 Å². The van der Waals surface area contributed by atoms with E-state index in [1.807, 2.05) is 30.3 Å². The molecule has 0 amide bonds. The number of hydrogen-bond donors (Lipinski definition) is 1. The summed E-state index contributed by atoms with van der Waals surface area (Å²) in [7, 11) is 1.24. The molecule has 8 nitrogen and oxygen atoms in total. The van der Waals surface area contributed by atoms with Crippen LogP contribution >= 0.6 is 0 Å². The summed E-state index contributed by atoms with van der Waals surface area (Å²) in [6.07, 6.45) is 0. The highest BCUT2D eigenvalue weighted by atomic mass is 16.6. The lowest BCUT2D eigenvalue weighted by atomic mass is 9.80. The van der Waals surface area contributed by atoms with Crippen molar-refractivity contribution in [2.45, 2.75) is 39.2 Å². The fourth-order valence-electron chi connectivity index (χ4n) is 3.98. The van der Waals surface area contributed by atoms with E-state index in [2.05, 4.69) is 5.32 Å². The summed E-state index contributed by atoms with van der Waals surface area (Å²) in [5, 5.41) is 14.4. The number of methoxy groups -OCH3 is 1. The third-order valence-electron chi connectivity index (χ3n) is 5.62. The van der Waals surface area contributed by atoms with Crippen molar-refractivity contribution >= 4 is 17.6 Å². The lowest BCUT2D eigenvalue weighted by Gasteiger charge is -2.33. The van der Waals surface area contributed by atoms with E-state index in [4.69, 9.17) is 9.47 Å². The van der Waals surface area contributed by atoms with E-state index in [0.717, 1.165) is 5.56 Å². The molecule has 2 aromatic carbocycles. The molecule has 2 aromatic rings. The first-order valence-corrected chi connectivity index (χ1v) is 10.4. The van der Waals surface area contributed by atoms with Gasteiger partial charge in [-0.15, -0.1) is 0 Å². The Hall–Kier alpha value is -3.94. The number of esters is 2. The molecule has 1 heterocycles. The van der Waals surface area contributed by atoms with E-state index in [1.54, 1.807) is 33.8 Å². The number of dihydropyridines is 1. The largest absolute Gasteiger partial charge is 0.466 e. The number of non-ortho nitro benzene ring substituents is 1. The van der Waals surface area contributed by atoms with Crippen molar-refractivity contribution in [1.29, 1.82) is 0 Å². The van der Waals surface area contributed by atoms with Gasteiger partial charge in [0, 0.05) is 23.5 Å². The second-order valence-electron chi connectivity index (χ2n) is 8.24. The molecule has 1 N–H and O–H groups in total. The molecule has 3 rings (SSSR count). The Morgan fingerprint density at radius 2 is 1.58 bits per heavy atom. The number of nitrogens with one attached hydrogen (secondary N) is 1. The molecule has 8 heteroatoms. The average Bonchev–Trinajstić information content (AvgIpc) is 2.78. The predicted octanol–water partition coefficient (Wildman–Crippen LogP) is 4.48. The van der Waals surface area contributed by atoms with Crippen molar-refractivity contribution in [2.24, 2.45) is 0 Å². The standard InChI is InChI=1S/C25H26N2O6/c1-15-20(23(28)32-5)22(17-10-9-13-19(14-17)27(30)31)21(16(2)26-15)24(29)33-25(3,4)18-11-7-6-8-12-18/h6-14,22,26H,1-5H3. The SMILES string of the molecule is COC(=O)C1=C(C)NC(C)=C(C(=O)OC(C)(C)c2ccccc2)C1c1cccc([N+](=O)[O-])c1. The van der Waals surface area contributed by atoms with E-state index in [-0.39, 0.29) is 16.8 Å². The number of nitro groups is 1. The first-order chi connectivity index (χ1) is 15.6. The second kappa shape index (κ2) is 9.28. The summed E-state index contributed by atoms with van der Waals surface area (Å²) in [6, 6.07) is 15.2. The monoisotopic (exact) mass is 450 g/mol. The molecule has 172 valence electrons. The zero-order chi connectivity index (χ0) is 24.3. The molecule has 0 fully saturated rings. The van der Waals surface area contributed by atoms with Crippen LogP contribution in [0.25, 0.3) is 0 Å². The summed E-state index contributed by atoms with van der Waals surface area (Å²) in [4.78, 5) is 37.1. The molecule has 0 bridgehead atoms. The fraction of sp³-hybridized carbons (Fsp3) is 0.280. The Bertz CT molecular complexity index is 1160. The van der Waals surface area contributed by atoms with Crippen molar-refractivity contribution in [3.63, 3.8) is 0 Å². The number of ether oxygens (including phenoxy) is 2. The van der Waals surface area contributed by atoms with E-state index in [9.17, 15) is 19.7 Å². The molecular weight excluding hydrogens is 424 g/mol. The number of carbonyl (C=O) groups is 2. The number of allylic oxidation sites excluding steroid dienone is 2. The van der Waals surface area contributed by atoms with Gasteiger partial charge in [-0.3, -0.25) is 10.1 Å². The van der Waals surface area contributed by atoms with Crippen molar-refractivity contribution < 1.29 is 24.0 Å². The summed E-state index contributed by atoms with van der Waals surface area (Å²) >= 11 is 0.